The topological polar surface area (TPSA) is 127 Å². The second-order valence-electron chi connectivity index (χ2n) is 10.4. The fourth-order valence-corrected chi connectivity index (χ4v) is 5.71. The third-order valence-corrected chi connectivity index (χ3v) is 8.46. The second-order valence-corrected chi connectivity index (χ2v) is 12.0. The Hall–Kier alpha value is -6.33. The Bertz CT molecular complexity index is 2130. The molecule has 5 aromatic carbocycles. The van der Waals surface area contributed by atoms with Crippen LogP contribution in [0.15, 0.2) is 154 Å². The number of benzene rings is 5. The monoisotopic (exact) mass is 656 g/mol. The minimum atomic E-state index is -3.99. The Morgan fingerprint density at radius 2 is 1.38 bits per heavy atom. The number of carbonyl (C=O) groups excluding carboxylic acids is 2. The summed E-state index contributed by atoms with van der Waals surface area (Å²) in [5.74, 6) is 0.475. The summed E-state index contributed by atoms with van der Waals surface area (Å²) in [4.78, 5) is 32.7. The largest absolute Gasteiger partial charge is 0.497 e. The Kier molecular flexibility index (Phi) is 9.21. The predicted octanol–water partition coefficient (Wildman–Crippen LogP) is 6.06. The molecule has 0 bridgehead atoms. The van der Waals surface area contributed by atoms with Crippen LogP contribution in [0.5, 0.6) is 11.5 Å². The fraction of sp³-hybridized carbons (Fsp3) is 0.0270. The fourth-order valence-electron chi connectivity index (χ4n) is 4.76. The van der Waals surface area contributed by atoms with Crippen LogP contribution in [0.2, 0.25) is 0 Å². The highest BCUT2D eigenvalue weighted by Crippen LogP contribution is 2.29. The number of aliphatic imine (C=N–C) groups is 1. The van der Waals surface area contributed by atoms with E-state index in [2.05, 4.69) is 15.5 Å². The van der Waals surface area contributed by atoms with Gasteiger partial charge in [0.1, 0.15) is 27.9 Å². The highest BCUT2D eigenvalue weighted by Gasteiger charge is 2.32. The van der Waals surface area contributed by atoms with Gasteiger partial charge in [0, 0.05) is 11.1 Å². The van der Waals surface area contributed by atoms with Crippen LogP contribution in [0.25, 0.3) is 6.08 Å². The number of hydrazone groups is 1. The van der Waals surface area contributed by atoms with E-state index in [1.165, 1.54) is 35.4 Å². The van der Waals surface area contributed by atoms with Crippen LogP contribution in [-0.2, 0) is 14.9 Å². The normalized spacial score (nSPS) is 13.9. The van der Waals surface area contributed by atoms with Gasteiger partial charge in [-0.25, -0.2) is 10.4 Å². The molecule has 0 fully saturated rings. The molecule has 10 nitrogen and oxygen atoms in total. The molecule has 0 saturated carbocycles. The zero-order valence-corrected chi connectivity index (χ0v) is 26.4. The number of hydrogen-bond acceptors (Lipinski definition) is 8. The van der Waals surface area contributed by atoms with Gasteiger partial charge in [-0.15, -0.1) is 0 Å². The molecule has 238 valence electrons. The van der Waals surface area contributed by atoms with Gasteiger partial charge in [-0.3, -0.25) is 14.5 Å². The highest BCUT2D eigenvalue weighted by molar-refractivity contribution is 7.87. The number of carbonyl (C=O) groups is 2. The molecular weight excluding hydrogens is 628 g/mol. The smallest absolute Gasteiger partial charge is 0.339 e. The van der Waals surface area contributed by atoms with E-state index in [1.807, 2.05) is 42.5 Å². The van der Waals surface area contributed by atoms with E-state index in [1.54, 1.807) is 79.9 Å². The molecule has 5 aromatic rings. The van der Waals surface area contributed by atoms with E-state index in [0.29, 0.717) is 28.4 Å². The first-order valence-corrected chi connectivity index (χ1v) is 16.1. The minimum absolute atomic E-state index is 0.0440. The van der Waals surface area contributed by atoms with Gasteiger partial charge in [0.2, 0.25) is 0 Å². The maximum atomic E-state index is 13.8. The third-order valence-electron chi connectivity index (χ3n) is 7.20. The standard InChI is InChI=1S/C37H28N4O6S/c1-46-31-20-14-27(15-21-31)25-38-40-36(42)29-16-18-30(19-17-29)41-35(28-8-4-2-5-9-28)39-34(37(41)43)24-26-12-22-32(23-13-26)47-48(44,45)33-10-6-3-7-11-33/h2-25H,1H3,(H,40,42)/b34-24-,38-25+. The van der Waals surface area contributed by atoms with E-state index in [-0.39, 0.29) is 22.2 Å². The van der Waals surface area contributed by atoms with Crippen molar-refractivity contribution in [3.05, 3.63) is 161 Å². The molecular formula is C37H28N4O6S. The molecule has 11 heteroatoms. The number of nitrogens with one attached hydrogen (secondary N) is 1. The van der Waals surface area contributed by atoms with Crippen LogP contribution in [0.4, 0.5) is 5.69 Å². The second kappa shape index (κ2) is 14.0. The first-order chi connectivity index (χ1) is 23.3. The Morgan fingerprint density at radius 3 is 2.02 bits per heavy atom. The molecule has 0 aromatic heterocycles. The van der Waals surface area contributed by atoms with Crippen LogP contribution in [-0.4, -0.2) is 39.4 Å². The van der Waals surface area contributed by atoms with E-state index >= 15 is 0 Å². The lowest BCUT2D eigenvalue weighted by Crippen LogP contribution is -2.32. The molecule has 48 heavy (non-hydrogen) atoms. The molecule has 0 saturated heterocycles. The first-order valence-electron chi connectivity index (χ1n) is 14.7. The van der Waals surface area contributed by atoms with Gasteiger partial charge >= 0.3 is 10.1 Å². The average molecular weight is 657 g/mol. The van der Waals surface area contributed by atoms with Crippen LogP contribution in [0.3, 0.4) is 0 Å². The molecule has 0 unspecified atom stereocenters. The molecule has 0 aliphatic carbocycles. The summed E-state index contributed by atoms with van der Waals surface area (Å²) in [5.41, 5.74) is 5.67. The van der Waals surface area contributed by atoms with Gasteiger partial charge in [0.05, 0.1) is 19.0 Å². The summed E-state index contributed by atoms with van der Waals surface area (Å²) < 4.78 is 35.6. The zero-order valence-electron chi connectivity index (χ0n) is 25.6. The van der Waals surface area contributed by atoms with Crippen molar-refractivity contribution in [1.82, 2.24) is 5.43 Å². The Labute approximate surface area is 277 Å². The van der Waals surface area contributed by atoms with Gasteiger partial charge in [-0.05, 0) is 90.0 Å². The lowest BCUT2D eigenvalue weighted by molar-refractivity contribution is -0.113. The number of anilines is 1. The summed E-state index contributed by atoms with van der Waals surface area (Å²) in [6.07, 6.45) is 3.14. The minimum Gasteiger partial charge on any atom is -0.497 e. The molecule has 0 spiro atoms. The summed E-state index contributed by atoms with van der Waals surface area (Å²) in [6, 6.07) is 37.2. The predicted molar refractivity (Wildman–Crippen MR) is 184 cm³/mol. The van der Waals surface area contributed by atoms with Crippen LogP contribution in [0.1, 0.15) is 27.0 Å². The van der Waals surface area contributed by atoms with Gasteiger partial charge in [0.15, 0.2) is 0 Å². The van der Waals surface area contributed by atoms with E-state index in [9.17, 15) is 18.0 Å². The number of amides is 2. The van der Waals surface area contributed by atoms with Gasteiger partial charge in [-0.2, -0.15) is 13.5 Å². The van der Waals surface area contributed by atoms with Crippen LogP contribution >= 0.6 is 0 Å². The molecule has 1 N–H and O–H groups in total. The van der Waals surface area contributed by atoms with E-state index < -0.39 is 16.0 Å². The molecule has 1 aliphatic rings. The summed E-state index contributed by atoms with van der Waals surface area (Å²) in [7, 11) is -2.41. The number of amidine groups is 1. The van der Waals surface area contributed by atoms with Crippen molar-refractivity contribution in [1.29, 1.82) is 0 Å². The number of rotatable bonds is 10. The van der Waals surface area contributed by atoms with Gasteiger partial charge in [0.25, 0.3) is 11.8 Å². The number of methoxy groups -OCH3 is 1. The summed E-state index contributed by atoms with van der Waals surface area (Å²) in [5, 5.41) is 4.03. The zero-order chi connectivity index (χ0) is 33.5. The maximum absolute atomic E-state index is 13.8. The molecule has 2 amide bonds. The van der Waals surface area contributed by atoms with Gasteiger partial charge < -0.3 is 8.92 Å². The Balaban J connectivity index is 1.19. The number of nitrogens with zero attached hydrogens (tertiary/aromatic N) is 3. The van der Waals surface area contributed by atoms with Crippen molar-refractivity contribution in [3.8, 4) is 11.5 Å². The van der Waals surface area contributed by atoms with Gasteiger partial charge in [-0.1, -0.05) is 60.7 Å². The molecule has 1 aliphatic heterocycles. The lowest BCUT2D eigenvalue weighted by atomic mass is 10.1. The quantitative estimate of drug-likeness (QED) is 0.0843. The maximum Gasteiger partial charge on any atom is 0.339 e. The van der Waals surface area contributed by atoms with E-state index in [4.69, 9.17) is 8.92 Å². The first kappa shape index (κ1) is 31.6. The van der Waals surface area contributed by atoms with Crippen molar-refractivity contribution < 1.29 is 26.9 Å². The van der Waals surface area contributed by atoms with E-state index in [0.717, 1.165) is 11.1 Å². The number of ether oxygens (including phenoxy) is 1. The highest BCUT2D eigenvalue weighted by atomic mass is 32.2. The van der Waals surface area contributed by atoms with Crippen molar-refractivity contribution >= 4 is 45.7 Å². The van der Waals surface area contributed by atoms with Crippen molar-refractivity contribution in [2.24, 2.45) is 10.1 Å². The van der Waals surface area contributed by atoms with Crippen molar-refractivity contribution in [3.63, 3.8) is 0 Å². The SMILES string of the molecule is COc1ccc(/C=N/NC(=O)c2ccc(N3C(=O)/C(=C/c4ccc(OS(=O)(=O)c5ccccc5)cc4)N=C3c3ccccc3)cc2)cc1. The molecule has 0 atom stereocenters. The average Bonchev–Trinajstić information content (AvgIpc) is 3.45. The number of hydrogen-bond donors (Lipinski definition) is 1. The molecule has 6 rings (SSSR count). The lowest BCUT2D eigenvalue weighted by Gasteiger charge is -2.18. The third kappa shape index (κ3) is 7.22. The van der Waals surface area contributed by atoms with Crippen molar-refractivity contribution in [2.45, 2.75) is 4.90 Å². The van der Waals surface area contributed by atoms with Crippen LogP contribution < -0.4 is 19.2 Å². The molecule has 1 heterocycles. The molecule has 0 radical (unpaired) electrons. The Morgan fingerprint density at radius 1 is 0.771 bits per heavy atom. The summed E-state index contributed by atoms with van der Waals surface area (Å²) >= 11 is 0. The van der Waals surface area contributed by atoms with Crippen LogP contribution in [0, 0.1) is 0 Å². The summed E-state index contributed by atoms with van der Waals surface area (Å²) in [6.45, 7) is 0. The van der Waals surface area contributed by atoms with Crippen molar-refractivity contribution in [2.75, 3.05) is 12.0 Å².